The molecule has 114 valence electrons. The molecule has 1 aliphatic rings. The van der Waals surface area contributed by atoms with Crippen molar-refractivity contribution in [3.63, 3.8) is 0 Å². The molecule has 2 atom stereocenters. The maximum atomic E-state index is 12.6. The van der Waals surface area contributed by atoms with Crippen LogP contribution in [0.25, 0.3) is 0 Å². The van der Waals surface area contributed by atoms with Crippen LogP contribution in [0.5, 0.6) is 0 Å². The van der Waals surface area contributed by atoms with Crippen molar-refractivity contribution in [2.75, 3.05) is 6.54 Å². The average Bonchev–Trinajstić information content (AvgIpc) is 2.85. The maximum absolute atomic E-state index is 12.6. The van der Waals surface area contributed by atoms with Gasteiger partial charge in [-0.3, -0.25) is 14.4 Å². The van der Waals surface area contributed by atoms with Crippen LogP contribution in [0, 0.1) is 5.92 Å². The number of rotatable bonds is 4. The molecule has 7 heteroatoms. The highest BCUT2D eigenvalue weighted by Gasteiger charge is 2.33. The van der Waals surface area contributed by atoms with Gasteiger partial charge in [0.05, 0.1) is 5.92 Å². The number of carboxylic acids is 1. The summed E-state index contributed by atoms with van der Waals surface area (Å²) >= 11 is 0. The van der Waals surface area contributed by atoms with E-state index in [2.05, 4.69) is 0 Å². The lowest BCUT2D eigenvalue weighted by Crippen LogP contribution is -2.49. The number of aliphatic carboxylic acids is 1. The van der Waals surface area contributed by atoms with E-state index in [0.717, 1.165) is 0 Å². The Kier molecular flexibility index (Phi) is 4.30. The Morgan fingerprint density at radius 2 is 2.10 bits per heavy atom. The van der Waals surface area contributed by atoms with Gasteiger partial charge in [-0.25, -0.2) is 0 Å². The molecule has 0 radical (unpaired) electrons. The highest BCUT2D eigenvalue weighted by atomic mass is 16.4. The second kappa shape index (κ2) is 5.99. The third kappa shape index (κ3) is 3.24. The fourth-order valence-corrected chi connectivity index (χ4v) is 2.66. The van der Waals surface area contributed by atoms with Gasteiger partial charge in [0.25, 0.3) is 5.91 Å². The number of carbonyl (C=O) groups is 3. The summed E-state index contributed by atoms with van der Waals surface area (Å²) in [5.41, 5.74) is 5.64. The predicted octanol–water partition coefficient (Wildman–Crippen LogP) is 0.299. The molecule has 0 aliphatic carbocycles. The van der Waals surface area contributed by atoms with Gasteiger partial charge in [0.15, 0.2) is 0 Å². The number of hydrogen-bond acceptors (Lipinski definition) is 3. The number of likely N-dealkylation sites (tertiary alicyclic amines) is 1. The van der Waals surface area contributed by atoms with E-state index in [0.29, 0.717) is 18.5 Å². The Morgan fingerprint density at radius 3 is 2.71 bits per heavy atom. The lowest BCUT2D eigenvalue weighted by Gasteiger charge is -2.37. The van der Waals surface area contributed by atoms with Gasteiger partial charge in [0.1, 0.15) is 12.2 Å². The zero-order valence-electron chi connectivity index (χ0n) is 11.9. The van der Waals surface area contributed by atoms with Crippen LogP contribution in [0.15, 0.2) is 18.3 Å². The van der Waals surface area contributed by atoms with Crippen LogP contribution in [0.1, 0.15) is 30.3 Å². The van der Waals surface area contributed by atoms with Gasteiger partial charge in [-0.05, 0) is 31.9 Å². The molecule has 0 bridgehead atoms. The standard InChI is InChI=1S/C14H19N3O4/c1-9-4-5-10(13(15)20)7-17(9)14(21)11-3-2-6-16(11)8-12(18)19/h2-3,6,9-10H,4-5,7-8H2,1H3,(H2,15,20)(H,18,19). The number of hydrogen-bond donors (Lipinski definition) is 2. The van der Waals surface area contributed by atoms with Gasteiger partial charge in [0, 0.05) is 18.8 Å². The van der Waals surface area contributed by atoms with E-state index in [1.54, 1.807) is 23.2 Å². The van der Waals surface area contributed by atoms with Crippen molar-refractivity contribution in [3.8, 4) is 0 Å². The van der Waals surface area contributed by atoms with Crippen LogP contribution in [-0.2, 0) is 16.1 Å². The number of carboxylic acid groups (broad SMARTS) is 1. The van der Waals surface area contributed by atoms with Crippen molar-refractivity contribution in [1.29, 1.82) is 0 Å². The molecule has 1 saturated heterocycles. The molecular formula is C14H19N3O4. The largest absolute Gasteiger partial charge is 0.480 e. The molecule has 2 heterocycles. The Morgan fingerprint density at radius 1 is 1.38 bits per heavy atom. The minimum Gasteiger partial charge on any atom is -0.480 e. The summed E-state index contributed by atoms with van der Waals surface area (Å²) < 4.78 is 1.39. The van der Waals surface area contributed by atoms with E-state index in [-0.39, 0.29) is 31.0 Å². The van der Waals surface area contributed by atoms with Gasteiger partial charge in [-0.1, -0.05) is 0 Å². The number of nitrogens with two attached hydrogens (primary N) is 1. The fourth-order valence-electron chi connectivity index (χ4n) is 2.66. The number of piperidine rings is 1. The van der Waals surface area contributed by atoms with E-state index in [1.165, 1.54) is 4.57 Å². The summed E-state index contributed by atoms with van der Waals surface area (Å²) in [4.78, 5) is 36.4. The third-order valence-corrected chi connectivity index (χ3v) is 3.90. The Bertz CT molecular complexity index is 566. The first-order valence-electron chi connectivity index (χ1n) is 6.87. The van der Waals surface area contributed by atoms with Gasteiger partial charge in [0.2, 0.25) is 5.91 Å². The molecule has 1 fully saturated rings. The lowest BCUT2D eigenvalue weighted by molar-refractivity contribution is -0.137. The zero-order chi connectivity index (χ0) is 15.6. The first kappa shape index (κ1) is 15.1. The summed E-state index contributed by atoms with van der Waals surface area (Å²) in [6.07, 6.45) is 2.94. The number of aromatic nitrogens is 1. The zero-order valence-corrected chi connectivity index (χ0v) is 11.9. The molecule has 7 nitrogen and oxygen atoms in total. The number of nitrogens with zero attached hydrogens (tertiary/aromatic N) is 2. The highest BCUT2D eigenvalue weighted by molar-refractivity contribution is 5.94. The molecule has 0 aromatic carbocycles. The quantitative estimate of drug-likeness (QED) is 0.832. The van der Waals surface area contributed by atoms with Gasteiger partial charge >= 0.3 is 5.97 Å². The summed E-state index contributed by atoms with van der Waals surface area (Å²) in [7, 11) is 0. The molecule has 2 amide bonds. The molecule has 3 N–H and O–H groups in total. The lowest BCUT2D eigenvalue weighted by atomic mass is 9.92. The van der Waals surface area contributed by atoms with Gasteiger partial charge in [-0.15, -0.1) is 0 Å². The van der Waals surface area contributed by atoms with E-state index in [4.69, 9.17) is 10.8 Å². The van der Waals surface area contributed by atoms with Crippen molar-refractivity contribution >= 4 is 17.8 Å². The van der Waals surface area contributed by atoms with E-state index in [9.17, 15) is 14.4 Å². The normalized spacial score (nSPS) is 22.0. The molecule has 0 spiro atoms. The van der Waals surface area contributed by atoms with Crippen molar-refractivity contribution in [2.45, 2.75) is 32.4 Å². The van der Waals surface area contributed by atoms with Gasteiger partial charge < -0.3 is 20.3 Å². The summed E-state index contributed by atoms with van der Waals surface area (Å²) in [6.45, 7) is 1.93. The minimum atomic E-state index is -1.01. The number of primary amides is 1. The molecular weight excluding hydrogens is 274 g/mol. The predicted molar refractivity (Wildman–Crippen MR) is 74.5 cm³/mol. The molecule has 1 aromatic rings. The van der Waals surface area contributed by atoms with Crippen LogP contribution in [0.4, 0.5) is 0 Å². The van der Waals surface area contributed by atoms with Gasteiger partial charge in [-0.2, -0.15) is 0 Å². The van der Waals surface area contributed by atoms with Crippen LogP contribution >= 0.6 is 0 Å². The Balaban J connectivity index is 2.20. The molecule has 1 aliphatic heterocycles. The molecule has 21 heavy (non-hydrogen) atoms. The van der Waals surface area contributed by atoms with E-state index in [1.807, 2.05) is 6.92 Å². The second-order valence-electron chi connectivity index (χ2n) is 5.40. The van der Waals surface area contributed by atoms with Crippen LogP contribution in [0.2, 0.25) is 0 Å². The van der Waals surface area contributed by atoms with Crippen LogP contribution < -0.4 is 5.73 Å². The first-order chi connectivity index (χ1) is 9.90. The van der Waals surface area contributed by atoms with Crippen molar-refractivity contribution in [2.24, 2.45) is 11.7 Å². The topological polar surface area (TPSA) is 106 Å². The van der Waals surface area contributed by atoms with E-state index < -0.39 is 11.9 Å². The number of carbonyl (C=O) groups excluding carboxylic acids is 2. The van der Waals surface area contributed by atoms with E-state index >= 15 is 0 Å². The van der Waals surface area contributed by atoms with Crippen molar-refractivity contribution in [3.05, 3.63) is 24.0 Å². The monoisotopic (exact) mass is 293 g/mol. The second-order valence-corrected chi connectivity index (χ2v) is 5.40. The first-order valence-corrected chi connectivity index (χ1v) is 6.87. The third-order valence-electron chi connectivity index (χ3n) is 3.90. The molecule has 2 rings (SSSR count). The van der Waals surface area contributed by atoms with Crippen molar-refractivity contribution < 1.29 is 19.5 Å². The molecule has 2 unspecified atom stereocenters. The summed E-state index contributed by atoms with van der Waals surface area (Å²) in [5.74, 6) is -2.02. The molecule has 0 saturated carbocycles. The average molecular weight is 293 g/mol. The number of amides is 2. The Hall–Kier alpha value is -2.31. The molecule has 1 aromatic heterocycles. The maximum Gasteiger partial charge on any atom is 0.323 e. The minimum absolute atomic E-state index is 0.00118. The Labute approximate surface area is 122 Å². The highest BCUT2D eigenvalue weighted by Crippen LogP contribution is 2.23. The summed E-state index contributed by atoms with van der Waals surface area (Å²) in [5, 5.41) is 8.86. The van der Waals surface area contributed by atoms with Crippen LogP contribution in [0.3, 0.4) is 0 Å². The smallest absolute Gasteiger partial charge is 0.323 e. The summed E-state index contributed by atoms with van der Waals surface area (Å²) in [6, 6.07) is 3.23. The SMILES string of the molecule is CC1CCC(C(N)=O)CN1C(=O)c1cccn1CC(=O)O. The van der Waals surface area contributed by atoms with Crippen molar-refractivity contribution in [1.82, 2.24) is 9.47 Å². The van der Waals surface area contributed by atoms with Crippen LogP contribution in [-0.4, -0.2) is 44.9 Å². The fraction of sp³-hybridized carbons (Fsp3) is 0.500.